The summed E-state index contributed by atoms with van der Waals surface area (Å²) in [6, 6.07) is 2.62. The van der Waals surface area contributed by atoms with Crippen LogP contribution in [0, 0.1) is 6.92 Å². The van der Waals surface area contributed by atoms with Crippen LogP contribution in [-0.4, -0.2) is 16.3 Å². The van der Waals surface area contributed by atoms with Crippen molar-refractivity contribution in [3.05, 3.63) is 17.5 Å². The molecule has 0 saturated carbocycles. The molecule has 1 unspecified atom stereocenters. The molecule has 0 radical (unpaired) electrons. The lowest BCUT2D eigenvalue weighted by atomic mass is 10.0. The van der Waals surface area contributed by atoms with Gasteiger partial charge < -0.3 is 5.73 Å². The van der Waals surface area contributed by atoms with Crippen molar-refractivity contribution >= 4 is 0 Å². The van der Waals surface area contributed by atoms with E-state index in [2.05, 4.69) is 15.8 Å². The first-order valence-electron chi connectivity index (χ1n) is 4.56. The van der Waals surface area contributed by atoms with E-state index in [1.54, 1.807) is 0 Å². The monoisotopic (exact) mass is 165 g/mol. The van der Waals surface area contributed by atoms with Crippen LogP contribution in [0.2, 0.25) is 0 Å². The number of nitrogens with zero attached hydrogens (tertiary/aromatic N) is 2. The highest BCUT2D eigenvalue weighted by Gasteiger charge is 2.19. The van der Waals surface area contributed by atoms with Gasteiger partial charge in [0.2, 0.25) is 0 Å². The minimum atomic E-state index is 0.447. The smallest absolute Gasteiger partial charge is 0.0644 e. The van der Waals surface area contributed by atoms with E-state index in [1.807, 2.05) is 6.92 Å². The molecule has 0 fully saturated rings. The van der Waals surface area contributed by atoms with E-state index in [9.17, 15) is 0 Å². The molecule has 2 rings (SSSR count). The van der Waals surface area contributed by atoms with Crippen LogP contribution in [0.3, 0.4) is 0 Å². The Morgan fingerprint density at radius 3 is 3.33 bits per heavy atom. The van der Waals surface area contributed by atoms with Gasteiger partial charge in [0.25, 0.3) is 0 Å². The standard InChI is InChI=1S/C9H15N3/c1-7-5-8-3-2-4-9(6-10)12(8)11-7/h5,9H,2-4,6,10H2,1H3. The Balaban J connectivity index is 2.36. The average molecular weight is 165 g/mol. The Hall–Kier alpha value is -0.830. The van der Waals surface area contributed by atoms with Gasteiger partial charge in [-0.15, -0.1) is 0 Å². The third-order valence-corrected chi connectivity index (χ3v) is 2.52. The molecule has 1 aromatic rings. The summed E-state index contributed by atoms with van der Waals surface area (Å²) in [7, 11) is 0. The van der Waals surface area contributed by atoms with E-state index in [0.29, 0.717) is 12.6 Å². The second-order valence-electron chi connectivity index (χ2n) is 3.50. The number of aromatic nitrogens is 2. The SMILES string of the molecule is Cc1cc2n(n1)C(CN)CCC2. The minimum absolute atomic E-state index is 0.447. The molecule has 0 aliphatic carbocycles. The molecule has 0 spiro atoms. The van der Waals surface area contributed by atoms with Crippen molar-refractivity contribution in [3.8, 4) is 0 Å². The maximum absolute atomic E-state index is 5.67. The van der Waals surface area contributed by atoms with Crippen LogP contribution >= 0.6 is 0 Å². The van der Waals surface area contributed by atoms with E-state index in [4.69, 9.17) is 5.73 Å². The van der Waals surface area contributed by atoms with E-state index in [-0.39, 0.29) is 0 Å². The molecule has 3 heteroatoms. The number of hydrogen-bond acceptors (Lipinski definition) is 2. The van der Waals surface area contributed by atoms with Gasteiger partial charge >= 0.3 is 0 Å². The zero-order valence-electron chi connectivity index (χ0n) is 7.45. The van der Waals surface area contributed by atoms with Gasteiger partial charge in [0.05, 0.1) is 11.7 Å². The van der Waals surface area contributed by atoms with Gasteiger partial charge in [0, 0.05) is 12.2 Å². The molecular weight excluding hydrogens is 150 g/mol. The summed E-state index contributed by atoms with van der Waals surface area (Å²) < 4.78 is 2.11. The van der Waals surface area contributed by atoms with E-state index in [0.717, 1.165) is 12.1 Å². The summed E-state index contributed by atoms with van der Waals surface area (Å²) in [4.78, 5) is 0. The number of hydrogen-bond donors (Lipinski definition) is 1. The quantitative estimate of drug-likeness (QED) is 0.675. The molecule has 66 valence electrons. The minimum Gasteiger partial charge on any atom is -0.328 e. The van der Waals surface area contributed by atoms with Crippen molar-refractivity contribution in [3.63, 3.8) is 0 Å². The second kappa shape index (κ2) is 2.90. The normalized spacial score (nSPS) is 22.3. The van der Waals surface area contributed by atoms with Crippen LogP contribution in [0.4, 0.5) is 0 Å². The topological polar surface area (TPSA) is 43.8 Å². The molecule has 2 heterocycles. The lowest BCUT2D eigenvalue weighted by Gasteiger charge is -2.22. The van der Waals surface area contributed by atoms with E-state index < -0.39 is 0 Å². The maximum Gasteiger partial charge on any atom is 0.0644 e. The zero-order chi connectivity index (χ0) is 8.55. The molecule has 1 aliphatic rings. The highest BCUT2D eigenvalue weighted by atomic mass is 15.3. The van der Waals surface area contributed by atoms with Gasteiger partial charge in [0.15, 0.2) is 0 Å². The first-order valence-corrected chi connectivity index (χ1v) is 4.56. The fraction of sp³-hybridized carbons (Fsp3) is 0.667. The molecule has 3 nitrogen and oxygen atoms in total. The summed E-state index contributed by atoms with van der Waals surface area (Å²) in [5.74, 6) is 0. The van der Waals surface area contributed by atoms with Crippen LogP contribution < -0.4 is 5.73 Å². The van der Waals surface area contributed by atoms with Gasteiger partial charge in [-0.1, -0.05) is 0 Å². The second-order valence-corrected chi connectivity index (χ2v) is 3.50. The van der Waals surface area contributed by atoms with Crippen molar-refractivity contribution in [1.29, 1.82) is 0 Å². The lowest BCUT2D eigenvalue weighted by Crippen LogP contribution is -2.25. The number of nitrogens with two attached hydrogens (primary N) is 1. The molecule has 12 heavy (non-hydrogen) atoms. The van der Waals surface area contributed by atoms with Crippen LogP contribution in [0.1, 0.15) is 30.3 Å². The van der Waals surface area contributed by atoms with Crippen molar-refractivity contribution in [2.24, 2.45) is 5.73 Å². The fourth-order valence-electron chi connectivity index (χ4n) is 1.93. The summed E-state index contributed by atoms with van der Waals surface area (Å²) in [6.45, 7) is 2.76. The van der Waals surface area contributed by atoms with Gasteiger partial charge in [-0.25, -0.2) is 0 Å². The molecular formula is C9H15N3. The van der Waals surface area contributed by atoms with Crippen LogP contribution in [0.15, 0.2) is 6.07 Å². The van der Waals surface area contributed by atoms with Crippen molar-refractivity contribution in [2.75, 3.05) is 6.54 Å². The van der Waals surface area contributed by atoms with Gasteiger partial charge in [-0.05, 0) is 32.3 Å². The van der Waals surface area contributed by atoms with Gasteiger partial charge in [0.1, 0.15) is 0 Å². The predicted octanol–water partition coefficient (Wildman–Crippen LogP) is 1.03. The molecule has 2 N–H and O–H groups in total. The fourth-order valence-corrected chi connectivity index (χ4v) is 1.93. The molecule has 0 aromatic carbocycles. The largest absolute Gasteiger partial charge is 0.328 e. The predicted molar refractivity (Wildman–Crippen MR) is 48.0 cm³/mol. The Bertz CT molecular complexity index is 277. The van der Waals surface area contributed by atoms with Crippen LogP contribution in [0.5, 0.6) is 0 Å². The molecule has 0 amide bonds. The summed E-state index contributed by atoms with van der Waals surface area (Å²) >= 11 is 0. The Kier molecular flexibility index (Phi) is 1.89. The Morgan fingerprint density at radius 2 is 2.58 bits per heavy atom. The summed E-state index contributed by atoms with van der Waals surface area (Å²) in [5.41, 5.74) is 8.14. The van der Waals surface area contributed by atoms with Crippen molar-refractivity contribution < 1.29 is 0 Å². The molecule has 1 atom stereocenters. The first kappa shape index (κ1) is 7.80. The third-order valence-electron chi connectivity index (χ3n) is 2.52. The maximum atomic E-state index is 5.67. The average Bonchev–Trinajstić information content (AvgIpc) is 2.44. The molecule has 1 aliphatic heterocycles. The van der Waals surface area contributed by atoms with Crippen LogP contribution in [0.25, 0.3) is 0 Å². The Morgan fingerprint density at radius 1 is 1.75 bits per heavy atom. The summed E-state index contributed by atoms with van der Waals surface area (Å²) in [6.07, 6.45) is 3.61. The molecule has 1 aromatic heterocycles. The highest BCUT2D eigenvalue weighted by molar-refractivity contribution is 5.11. The Labute approximate surface area is 72.6 Å². The molecule has 0 bridgehead atoms. The highest BCUT2D eigenvalue weighted by Crippen LogP contribution is 2.23. The van der Waals surface area contributed by atoms with Gasteiger partial charge in [-0.3, -0.25) is 4.68 Å². The van der Waals surface area contributed by atoms with Crippen LogP contribution in [-0.2, 0) is 6.42 Å². The van der Waals surface area contributed by atoms with Crippen molar-refractivity contribution in [1.82, 2.24) is 9.78 Å². The third kappa shape index (κ3) is 1.14. The lowest BCUT2D eigenvalue weighted by molar-refractivity contribution is 0.372. The van der Waals surface area contributed by atoms with Gasteiger partial charge in [-0.2, -0.15) is 5.10 Å². The number of aryl methyl sites for hydroxylation is 2. The summed E-state index contributed by atoms with van der Waals surface area (Å²) in [5, 5.41) is 4.44. The van der Waals surface area contributed by atoms with E-state index >= 15 is 0 Å². The van der Waals surface area contributed by atoms with E-state index in [1.165, 1.54) is 18.5 Å². The zero-order valence-corrected chi connectivity index (χ0v) is 7.45. The number of rotatable bonds is 1. The molecule has 0 saturated heterocycles. The number of fused-ring (bicyclic) bond motifs is 1. The first-order chi connectivity index (χ1) is 5.81. The van der Waals surface area contributed by atoms with Crippen molar-refractivity contribution in [2.45, 2.75) is 32.2 Å².